The van der Waals surface area contributed by atoms with Gasteiger partial charge in [-0.1, -0.05) is 37.1 Å². The Bertz CT molecular complexity index is 2560. The first-order valence-electron chi connectivity index (χ1n) is 23.5. The van der Waals surface area contributed by atoms with Crippen LogP contribution >= 0.6 is 0 Å². The lowest BCUT2D eigenvalue weighted by molar-refractivity contribution is -0.131. The predicted molar refractivity (Wildman–Crippen MR) is 260 cm³/mol. The maximum absolute atomic E-state index is 14.1. The maximum atomic E-state index is 14.1. The highest BCUT2D eigenvalue weighted by Gasteiger charge is 2.45. The Balaban J connectivity index is 0.967. The molecule has 0 aromatic heterocycles. The van der Waals surface area contributed by atoms with Gasteiger partial charge in [0.1, 0.15) is 18.7 Å². The molecule has 5 amide bonds. The van der Waals surface area contributed by atoms with Gasteiger partial charge in [-0.3, -0.25) is 24.2 Å². The summed E-state index contributed by atoms with van der Waals surface area (Å²) in [5.74, 6) is -0.426. The fourth-order valence-electron chi connectivity index (χ4n) is 8.84. The van der Waals surface area contributed by atoms with Gasteiger partial charge < -0.3 is 59.6 Å². The van der Waals surface area contributed by atoms with E-state index in [-0.39, 0.29) is 53.8 Å². The topological polar surface area (TPSA) is 230 Å². The van der Waals surface area contributed by atoms with Crippen molar-refractivity contribution in [1.82, 2.24) is 20.4 Å². The molecule has 6 atom stereocenters. The van der Waals surface area contributed by atoms with Crippen LogP contribution in [0, 0.1) is 5.92 Å². The van der Waals surface area contributed by atoms with E-state index in [0.29, 0.717) is 59.9 Å². The fraction of sp³-hybridized carbons (Fsp3) is 0.451. The maximum Gasteiger partial charge on any atom is 0.416 e. The normalized spacial score (nSPS) is 19.8. The first-order valence-corrected chi connectivity index (χ1v) is 23.5. The number of hydrogen-bond donors (Lipinski definition) is 5. The van der Waals surface area contributed by atoms with Crippen molar-refractivity contribution >= 4 is 53.0 Å². The third-order valence-electron chi connectivity index (χ3n) is 12.5. The van der Waals surface area contributed by atoms with Gasteiger partial charge in [0.25, 0.3) is 5.91 Å². The zero-order valence-electron chi connectivity index (χ0n) is 40.8. The van der Waals surface area contributed by atoms with Crippen LogP contribution in [0.25, 0.3) is 0 Å². The summed E-state index contributed by atoms with van der Waals surface area (Å²) in [6.45, 7) is 10.7. The molecule has 0 saturated heterocycles. The van der Waals surface area contributed by atoms with Crippen LogP contribution in [0.2, 0.25) is 0 Å². The monoisotopic (exact) mass is 965 g/mol. The average molecular weight is 966 g/mol. The van der Waals surface area contributed by atoms with Gasteiger partial charge in [-0.05, 0) is 88.6 Å². The molecule has 0 radical (unpaired) electrons. The molecule has 3 aromatic carbocycles. The van der Waals surface area contributed by atoms with E-state index in [1.807, 2.05) is 31.2 Å². The number of hydrogen-bond acceptors (Lipinski definition) is 14. The minimum atomic E-state index is -1.49. The number of aliphatic hydroxyl groups is 2. The van der Waals surface area contributed by atoms with Gasteiger partial charge in [-0.25, -0.2) is 9.69 Å². The number of aliphatic hydroxyl groups excluding tert-OH is 2. The van der Waals surface area contributed by atoms with Gasteiger partial charge in [0.2, 0.25) is 17.7 Å². The Morgan fingerprint density at radius 2 is 1.47 bits per heavy atom. The summed E-state index contributed by atoms with van der Waals surface area (Å²) in [6, 6.07) is 10.6. The molecule has 0 aliphatic carbocycles. The van der Waals surface area contributed by atoms with E-state index in [9.17, 15) is 34.2 Å². The van der Waals surface area contributed by atoms with Crippen LogP contribution in [-0.4, -0.2) is 114 Å². The van der Waals surface area contributed by atoms with Crippen molar-refractivity contribution in [2.45, 2.75) is 117 Å². The molecule has 1 unspecified atom stereocenters. The molecule has 3 aromatic rings. The second-order valence-corrected chi connectivity index (χ2v) is 18.3. The molecule has 70 heavy (non-hydrogen) atoms. The molecule has 19 heteroatoms. The van der Waals surface area contributed by atoms with Gasteiger partial charge in [-0.15, -0.1) is 0 Å². The summed E-state index contributed by atoms with van der Waals surface area (Å²) in [7, 11) is 3.01. The van der Waals surface area contributed by atoms with Crippen molar-refractivity contribution in [3.63, 3.8) is 0 Å². The van der Waals surface area contributed by atoms with Crippen molar-refractivity contribution in [3.05, 3.63) is 88.8 Å². The molecule has 0 saturated carbocycles. The number of aliphatic imine (C=N–C) groups is 1. The Hall–Kier alpha value is -7.12. The first kappa shape index (κ1) is 50.7. The number of unbranched alkanes of at least 4 members (excludes halogenated alkanes) is 2. The van der Waals surface area contributed by atoms with E-state index >= 15 is 0 Å². The van der Waals surface area contributed by atoms with Gasteiger partial charge in [0.05, 0.1) is 56.5 Å². The number of nitrogens with zero attached hydrogens (tertiary/aromatic N) is 4. The van der Waals surface area contributed by atoms with E-state index in [1.54, 1.807) is 63.6 Å². The lowest BCUT2D eigenvalue weighted by Gasteiger charge is -2.31. The van der Waals surface area contributed by atoms with Crippen LogP contribution in [0.3, 0.4) is 0 Å². The Morgan fingerprint density at radius 1 is 0.814 bits per heavy atom. The molecule has 374 valence electrons. The van der Waals surface area contributed by atoms with E-state index in [1.165, 1.54) is 43.6 Å². The second kappa shape index (κ2) is 22.1. The van der Waals surface area contributed by atoms with Crippen molar-refractivity contribution < 1.29 is 57.9 Å². The number of anilines is 2. The smallest absolute Gasteiger partial charge is 0.416 e. The van der Waals surface area contributed by atoms with Crippen LogP contribution in [0.15, 0.2) is 77.1 Å². The van der Waals surface area contributed by atoms with E-state index in [4.69, 9.17) is 23.7 Å². The van der Waals surface area contributed by atoms with Crippen molar-refractivity contribution in [1.29, 1.82) is 0 Å². The molecule has 0 spiro atoms. The molecule has 7 rings (SSSR count). The van der Waals surface area contributed by atoms with Gasteiger partial charge in [0.15, 0.2) is 35.5 Å². The van der Waals surface area contributed by atoms with Crippen LogP contribution < -0.4 is 39.8 Å². The largest absolute Gasteiger partial charge is 0.493 e. The highest BCUT2D eigenvalue weighted by Crippen LogP contribution is 2.44. The third-order valence-corrected chi connectivity index (χ3v) is 12.5. The summed E-state index contributed by atoms with van der Waals surface area (Å²) >= 11 is 0. The zero-order chi connectivity index (χ0) is 50.4. The Kier molecular flexibility index (Phi) is 16.0. The molecule has 4 aliphatic rings. The quantitative estimate of drug-likeness (QED) is 0.0894. The number of amides is 5. The molecule has 5 N–H and O–H groups in total. The predicted octanol–water partition coefficient (Wildman–Crippen LogP) is 6.21. The first-order chi connectivity index (χ1) is 33.5. The summed E-state index contributed by atoms with van der Waals surface area (Å²) in [6.07, 6.45) is 5.36. The molecule has 0 bridgehead atoms. The highest BCUT2D eigenvalue weighted by molar-refractivity contribution is 6.06. The number of methoxy groups -OCH3 is 2. The summed E-state index contributed by atoms with van der Waals surface area (Å²) in [4.78, 5) is 74.6. The van der Waals surface area contributed by atoms with Crippen LogP contribution in [0.5, 0.6) is 23.0 Å². The van der Waals surface area contributed by atoms with E-state index in [2.05, 4.69) is 20.9 Å². The lowest BCUT2D eigenvalue weighted by Crippen LogP contribution is -2.53. The number of rotatable bonds is 18. The minimum absolute atomic E-state index is 0.0229. The lowest BCUT2D eigenvalue weighted by atomic mass is 10.0. The second-order valence-electron chi connectivity index (χ2n) is 18.3. The SMILES string of the molecule is COc1cc2c(cc1OCCCCCOc1cc3c(cc1OC)C(=O)N1C=C(C)C[C@H]1[C@H](O)N3C(=O)OCc1ccc(NC(=O)[C@H](C)NC(=O)[C@@H](NC(C)=O)C(C)C)cc1)N=C[C@@H]1CC(C)=CN1C2O. The van der Waals surface area contributed by atoms with Gasteiger partial charge in [0, 0.05) is 48.9 Å². The van der Waals surface area contributed by atoms with Crippen LogP contribution in [0.4, 0.5) is 21.9 Å². The number of benzene rings is 3. The molecular weight excluding hydrogens is 903 g/mol. The van der Waals surface area contributed by atoms with Crippen molar-refractivity contribution in [2.75, 3.05) is 37.7 Å². The van der Waals surface area contributed by atoms with E-state index < -0.39 is 54.4 Å². The molecule has 19 nitrogen and oxygen atoms in total. The standard InChI is InChI=1S/C51H63N7O12/c1-28(2)45(54-32(6)59)47(61)53-31(5)46(60)55-34-14-12-33(13-15-34)27-70-51(65)58-39-23-44(42(67-8)21-37(39)49(63)57-26-30(4)19-40(57)50(58)64)69-17-11-9-10-16-68-43-22-38-36(20-41(43)66-7)48(62)56-25-29(3)18-35(56)24-52-38/h12-15,20-26,28,31,35,40,45,48,50,62,64H,9-11,16-19,27H2,1-8H3,(H,53,61)(H,54,59)(H,55,60)/t31-,35-,40-,45-,48?,50-/m0/s1. The molecule has 4 aliphatic heterocycles. The Labute approximate surface area is 407 Å². The van der Waals surface area contributed by atoms with E-state index in [0.717, 1.165) is 23.3 Å². The summed E-state index contributed by atoms with van der Waals surface area (Å²) in [5.41, 5.74) is 4.45. The molecule has 4 heterocycles. The van der Waals surface area contributed by atoms with Gasteiger partial charge >= 0.3 is 6.09 Å². The highest BCUT2D eigenvalue weighted by atomic mass is 16.6. The number of fused-ring (bicyclic) bond motifs is 4. The summed E-state index contributed by atoms with van der Waals surface area (Å²) < 4.78 is 29.4. The number of carbonyl (C=O) groups is 5. The van der Waals surface area contributed by atoms with Crippen molar-refractivity contribution in [3.8, 4) is 23.0 Å². The minimum Gasteiger partial charge on any atom is -0.493 e. The van der Waals surface area contributed by atoms with Gasteiger partial charge in [-0.2, -0.15) is 0 Å². The number of nitrogens with one attached hydrogen (secondary N) is 3. The van der Waals surface area contributed by atoms with Crippen LogP contribution in [0.1, 0.15) is 101 Å². The third kappa shape index (κ3) is 11.3. The molecule has 0 fully saturated rings. The number of ether oxygens (including phenoxy) is 5. The Morgan fingerprint density at radius 3 is 2.13 bits per heavy atom. The molecular formula is C51H63N7O12. The van der Waals surface area contributed by atoms with Crippen LogP contribution in [-0.2, 0) is 25.7 Å². The number of carbonyl (C=O) groups excluding carboxylic acids is 5. The zero-order valence-corrected chi connectivity index (χ0v) is 40.8. The fourth-order valence-corrected chi connectivity index (χ4v) is 8.84. The van der Waals surface area contributed by atoms with Crippen molar-refractivity contribution in [2.24, 2.45) is 10.9 Å². The summed E-state index contributed by atoms with van der Waals surface area (Å²) in [5, 5.41) is 31.0. The average Bonchev–Trinajstić information content (AvgIpc) is 3.87.